The maximum absolute atomic E-state index is 10.3. The number of carbonyl (C=O) groups is 1. The predicted octanol–water partition coefficient (Wildman–Crippen LogP) is 2.15. The van der Waals surface area contributed by atoms with Crippen molar-refractivity contribution in [1.29, 1.82) is 0 Å². The molecule has 3 heteroatoms. The lowest BCUT2D eigenvalue weighted by atomic mass is 10.1. The van der Waals surface area contributed by atoms with Gasteiger partial charge in [0.2, 0.25) is 0 Å². The molecule has 14 heavy (non-hydrogen) atoms. The number of aliphatic hydroxyl groups excluding tert-OH is 1. The average molecular weight is 198 g/mol. The molecule has 0 aliphatic heterocycles. The number of carboxylic acids is 1. The van der Waals surface area contributed by atoms with E-state index in [9.17, 15) is 4.79 Å². The largest absolute Gasteiger partial charge is 0.479 e. The molecular weight excluding hydrogens is 180 g/mol. The second kappa shape index (κ2) is 9.74. The molecule has 0 fully saturated rings. The van der Waals surface area contributed by atoms with E-state index in [2.05, 4.69) is 6.58 Å². The third-order valence-corrected chi connectivity index (χ3v) is 1.27. The molecule has 2 N–H and O–H groups in total. The highest BCUT2D eigenvalue weighted by Gasteiger charge is 2.14. The smallest absolute Gasteiger partial charge is 0.337 e. The van der Waals surface area contributed by atoms with Gasteiger partial charge in [0.1, 0.15) is 0 Å². The van der Waals surface area contributed by atoms with Gasteiger partial charge in [0.25, 0.3) is 0 Å². The summed E-state index contributed by atoms with van der Waals surface area (Å²) in [5.41, 5.74) is 0.278. The van der Waals surface area contributed by atoms with Crippen molar-refractivity contribution in [2.75, 3.05) is 0 Å². The van der Waals surface area contributed by atoms with Crippen molar-refractivity contribution in [3.8, 4) is 0 Å². The Hall–Kier alpha value is -1.35. The van der Waals surface area contributed by atoms with E-state index < -0.39 is 12.1 Å². The van der Waals surface area contributed by atoms with Crippen LogP contribution in [0.15, 0.2) is 36.5 Å². The van der Waals surface area contributed by atoms with Gasteiger partial charge in [-0.05, 0) is 12.5 Å². The van der Waals surface area contributed by atoms with Crippen LogP contribution in [0.25, 0.3) is 0 Å². The Labute approximate surface area is 85.1 Å². The van der Waals surface area contributed by atoms with E-state index in [0.29, 0.717) is 0 Å². The number of allylic oxidation sites excluding steroid dienone is 3. The summed E-state index contributed by atoms with van der Waals surface area (Å²) in [4.78, 5) is 10.3. The van der Waals surface area contributed by atoms with Crippen LogP contribution in [0.5, 0.6) is 0 Å². The second-order valence-corrected chi connectivity index (χ2v) is 2.14. The molecule has 1 atom stereocenters. The van der Waals surface area contributed by atoms with Crippen LogP contribution in [0.4, 0.5) is 0 Å². The first-order chi connectivity index (χ1) is 6.63. The van der Waals surface area contributed by atoms with Gasteiger partial charge in [-0.2, -0.15) is 0 Å². The average Bonchev–Trinajstić information content (AvgIpc) is 2.21. The normalized spacial score (nSPS) is 13.0. The quantitative estimate of drug-likeness (QED) is 0.680. The summed E-state index contributed by atoms with van der Waals surface area (Å²) >= 11 is 0. The van der Waals surface area contributed by atoms with E-state index in [-0.39, 0.29) is 5.57 Å². The molecule has 0 rings (SSSR count). The van der Waals surface area contributed by atoms with Crippen molar-refractivity contribution in [3.05, 3.63) is 36.5 Å². The maximum atomic E-state index is 10.3. The molecular formula is C11H18O3. The molecule has 0 aliphatic rings. The summed E-state index contributed by atoms with van der Waals surface area (Å²) in [6.45, 7) is 9.19. The van der Waals surface area contributed by atoms with Gasteiger partial charge in [0.15, 0.2) is 6.10 Å². The lowest BCUT2D eigenvalue weighted by Crippen LogP contribution is -2.20. The Morgan fingerprint density at radius 2 is 1.93 bits per heavy atom. The number of aliphatic hydroxyl groups is 1. The zero-order valence-electron chi connectivity index (χ0n) is 8.90. The highest BCUT2D eigenvalue weighted by atomic mass is 16.4. The van der Waals surface area contributed by atoms with Gasteiger partial charge in [-0.3, -0.25) is 0 Å². The number of hydrogen-bond acceptors (Lipinski definition) is 2. The standard InChI is InChI=1S/C9H12O3.C2H6/c1-3-5-6-7(4-2)8(10)9(11)12;1-2/h3-6,8,10H,2H2,1H3,(H,11,12);1-2H3/b5-3-,7-6+;. The van der Waals surface area contributed by atoms with Crippen LogP contribution in [0, 0.1) is 0 Å². The third-order valence-electron chi connectivity index (χ3n) is 1.27. The first-order valence-electron chi connectivity index (χ1n) is 4.49. The fourth-order valence-electron chi connectivity index (χ4n) is 0.621. The first-order valence-corrected chi connectivity index (χ1v) is 4.49. The van der Waals surface area contributed by atoms with Crippen molar-refractivity contribution in [3.63, 3.8) is 0 Å². The third kappa shape index (κ3) is 6.20. The van der Waals surface area contributed by atoms with E-state index in [1.807, 2.05) is 13.8 Å². The van der Waals surface area contributed by atoms with E-state index >= 15 is 0 Å². The Balaban J connectivity index is 0. The van der Waals surface area contributed by atoms with Crippen molar-refractivity contribution < 1.29 is 15.0 Å². The van der Waals surface area contributed by atoms with Crippen molar-refractivity contribution in [2.24, 2.45) is 0 Å². The molecule has 0 heterocycles. The van der Waals surface area contributed by atoms with Crippen LogP contribution in [0.3, 0.4) is 0 Å². The molecule has 0 saturated carbocycles. The highest BCUT2D eigenvalue weighted by Crippen LogP contribution is 2.03. The van der Waals surface area contributed by atoms with Crippen molar-refractivity contribution in [1.82, 2.24) is 0 Å². The van der Waals surface area contributed by atoms with Gasteiger partial charge < -0.3 is 10.2 Å². The second-order valence-electron chi connectivity index (χ2n) is 2.14. The zero-order valence-corrected chi connectivity index (χ0v) is 8.90. The Kier molecular flexibility index (Phi) is 10.5. The Morgan fingerprint density at radius 3 is 2.21 bits per heavy atom. The van der Waals surface area contributed by atoms with Gasteiger partial charge in [-0.25, -0.2) is 4.79 Å². The van der Waals surface area contributed by atoms with Crippen molar-refractivity contribution >= 4 is 5.97 Å². The maximum Gasteiger partial charge on any atom is 0.337 e. The summed E-state index contributed by atoms with van der Waals surface area (Å²) in [6.07, 6.45) is 4.71. The van der Waals surface area contributed by atoms with E-state index in [1.54, 1.807) is 19.1 Å². The van der Waals surface area contributed by atoms with Gasteiger partial charge in [-0.15, -0.1) is 0 Å². The molecule has 80 valence electrons. The summed E-state index contributed by atoms with van der Waals surface area (Å²) in [5.74, 6) is -1.27. The SMILES string of the molecule is C=C/C(=C\C=C/C)C(O)C(=O)O.CC. The van der Waals surface area contributed by atoms with Gasteiger partial charge >= 0.3 is 5.97 Å². The monoisotopic (exact) mass is 198 g/mol. The fourth-order valence-corrected chi connectivity index (χ4v) is 0.621. The topological polar surface area (TPSA) is 57.5 Å². The minimum atomic E-state index is -1.49. The molecule has 0 saturated heterocycles. The molecule has 0 aliphatic carbocycles. The molecule has 0 bridgehead atoms. The number of hydrogen-bond donors (Lipinski definition) is 2. The number of aliphatic carboxylic acids is 1. The first kappa shape index (κ1) is 15.1. The predicted molar refractivity (Wildman–Crippen MR) is 58.1 cm³/mol. The van der Waals surface area contributed by atoms with Crippen LogP contribution in [0.2, 0.25) is 0 Å². The van der Waals surface area contributed by atoms with Gasteiger partial charge in [0.05, 0.1) is 0 Å². The number of rotatable bonds is 4. The van der Waals surface area contributed by atoms with Crippen molar-refractivity contribution in [2.45, 2.75) is 26.9 Å². The molecule has 0 aromatic carbocycles. The summed E-state index contributed by atoms with van der Waals surface area (Å²) in [5, 5.41) is 17.5. The molecule has 3 nitrogen and oxygen atoms in total. The molecule has 0 aromatic heterocycles. The van der Waals surface area contributed by atoms with Crippen LogP contribution in [-0.2, 0) is 4.79 Å². The van der Waals surface area contributed by atoms with Gasteiger partial charge in [-0.1, -0.05) is 44.7 Å². The Bertz CT molecular complexity index is 227. The summed E-state index contributed by atoms with van der Waals surface area (Å²) in [6, 6.07) is 0. The lowest BCUT2D eigenvalue weighted by molar-refractivity contribution is -0.144. The fraction of sp³-hybridized carbons (Fsp3) is 0.364. The minimum absolute atomic E-state index is 0.278. The summed E-state index contributed by atoms with van der Waals surface area (Å²) < 4.78 is 0. The highest BCUT2D eigenvalue weighted by molar-refractivity contribution is 5.76. The zero-order chi connectivity index (χ0) is 11.6. The van der Waals surface area contributed by atoms with Crippen LogP contribution < -0.4 is 0 Å². The number of carboxylic acid groups (broad SMARTS) is 1. The van der Waals surface area contributed by atoms with Gasteiger partial charge in [0, 0.05) is 0 Å². The van der Waals surface area contributed by atoms with Crippen LogP contribution in [-0.4, -0.2) is 22.3 Å². The van der Waals surface area contributed by atoms with Crippen LogP contribution in [0.1, 0.15) is 20.8 Å². The lowest BCUT2D eigenvalue weighted by Gasteiger charge is -2.04. The molecule has 1 unspecified atom stereocenters. The summed E-state index contributed by atoms with van der Waals surface area (Å²) in [7, 11) is 0. The molecule has 0 aromatic rings. The molecule has 0 amide bonds. The van der Waals surface area contributed by atoms with E-state index in [4.69, 9.17) is 10.2 Å². The minimum Gasteiger partial charge on any atom is -0.479 e. The van der Waals surface area contributed by atoms with E-state index in [1.165, 1.54) is 12.2 Å². The van der Waals surface area contributed by atoms with Crippen LogP contribution >= 0.6 is 0 Å². The molecule has 0 spiro atoms. The Morgan fingerprint density at radius 1 is 1.43 bits per heavy atom. The van der Waals surface area contributed by atoms with E-state index in [0.717, 1.165) is 0 Å². The molecule has 0 radical (unpaired) electrons.